The summed E-state index contributed by atoms with van der Waals surface area (Å²) in [6.45, 7) is 8.15. The number of thiophene rings is 1. The van der Waals surface area contributed by atoms with E-state index in [1.54, 1.807) is 23.1 Å². The van der Waals surface area contributed by atoms with E-state index < -0.39 is 0 Å². The van der Waals surface area contributed by atoms with Gasteiger partial charge in [0.1, 0.15) is 15.7 Å². The van der Waals surface area contributed by atoms with Crippen LogP contribution >= 0.6 is 23.1 Å². The Balaban J connectivity index is 1.82. The van der Waals surface area contributed by atoms with Crippen LogP contribution in [0.4, 0.5) is 0 Å². The van der Waals surface area contributed by atoms with E-state index in [1.165, 1.54) is 16.9 Å². The summed E-state index contributed by atoms with van der Waals surface area (Å²) in [6.07, 6.45) is 4.34. The van der Waals surface area contributed by atoms with Crippen LogP contribution in [0, 0.1) is 13.8 Å². The number of rotatable bonds is 4. The van der Waals surface area contributed by atoms with Gasteiger partial charge in [-0.1, -0.05) is 18.7 Å². The highest BCUT2D eigenvalue weighted by atomic mass is 32.2. The van der Waals surface area contributed by atoms with Gasteiger partial charge in [-0.3, -0.25) is 4.79 Å². The van der Waals surface area contributed by atoms with Crippen LogP contribution in [0.2, 0.25) is 0 Å². The maximum absolute atomic E-state index is 12.4. The Kier molecular flexibility index (Phi) is 5.21. The average Bonchev–Trinajstić information content (AvgIpc) is 2.87. The molecule has 0 N–H and O–H groups in total. The highest BCUT2D eigenvalue weighted by Crippen LogP contribution is 2.35. The second-order valence-corrected chi connectivity index (χ2v) is 8.16. The number of aryl methyl sites for hydroxylation is 3. The van der Waals surface area contributed by atoms with Crippen molar-refractivity contribution in [3.63, 3.8) is 0 Å². The molecule has 1 fully saturated rings. The molecule has 124 valence electrons. The molecule has 0 unspecified atom stereocenters. The Morgan fingerprint density at radius 1 is 1.22 bits per heavy atom. The second-order valence-electron chi connectivity index (χ2n) is 5.99. The number of carbonyl (C=O) groups excluding carboxylic acids is 1. The predicted octanol–water partition coefficient (Wildman–Crippen LogP) is 3.98. The van der Waals surface area contributed by atoms with Crippen molar-refractivity contribution >= 4 is 39.2 Å². The topological polar surface area (TPSA) is 46.1 Å². The van der Waals surface area contributed by atoms with Crippen LogP contribution in [0.25, 0.3) is 10.2 Å². The molecular formula is C17H23N3OS2. The third kappa shape index (κ3) is 3.53. The minimum absolute atomic E-state index is 0.240. The average molecular weight is 350 g/mol. The molecule has 0 spiro atoms. The van der Waals surface area contributed by atoms with Crippen molar-refractivity contribution in [2.45, 2.75) is 51.5 Å². The van der Waals surface area contributed by atoms with Crippen molar-refractivity contribution in [1.82, 2.24) is 14.9 Å². The summed E-state index contributed by atoms with van der Waals surface area (Å²) in [5.41, 5.74) is 1.25. The van der Waals surface area contributed by atoms with Crippen LogP contribution in [0.5, 0.6) is 0 Å². The van der Waals surface area contributed by atoms with Gasteiger partial charge in [0.25, 0.3) is 0 Å². The minimum Gasteiger partial charge on any atom is -0.342 e. The summed E-state index contributed by atoms with van der Waals surface area (Å²) in [5, 5.41) is 2.11. The van der Waals surface area contributed by atoms with Gasteiger partial charge in [-0.05, 0) is 38.7 Å². The van der Waals surface area contributed by atoms with Crippen molar-refractivity contribution in [3.05, 3.63) is 16.3 Å². The van der Waals surface area contributed by atoms with E-state index in [9.17, 15) is 4.79 Å². The molecule has 0 saturated carbocycles. The number of hydrogen-bond acceptors (Lipinski definition) is 5. The molecule has 1 aliphatic rings. The zero-order valence-electron chi connectivity index (χ0n) is 14.0. The van der Waals surface area contributed by atoms with Crippen LogP contribution in [0.3, 0.4) is 0 Å². The molecule has 3 rings (SSSR count). The summed E-state index contributed by atoms with van der Waals surface area (Å²) in [6, 6.07) is 0. The number of thioether (sulfide) groups is 1. The van der Waals surface area contributed by atoms with Gasteiger partial charge in [0, 0.05) is 29.8 Å². The molecule has 1 saturated heterocycles. The molecule has 4 nitrogen and oxygen atoms in total. The maximum Gasteiger partial charge on any atom is 0.232 e. The van der Waals surface area contributed by atoms with Gasteiger partial charge in [-0.25, -0.2) is 9.97 Å². The summed E-state index contributed by atoms with van der Waals surface area (Å²) >= 11 is 3.30. The molecule has 23 heavy (non-hydrogen) atoms. The van der Waals surface area contributed by atoms with Gasteiger partial charge in [-0.2, -0.15) is 0 Å². The standard InChI is InChI=1S/C17H23N3OS2/c1-4-13-18-16(15-11(2)12(3)23-17(15)19-13)22-10-14(21)20-8-6-5-7-9-20/h4-10H2,1-3H3. The van der Waals surface area contributed by atoms with Gasteiger partial charge in [-0.15, -0.1) is 11.3 Å². The van der Waals surface area contributed by atoms with E-state index in [2.05, 4.69) is 25.8 Å². The maximum atomic E-state index is 12.4. The SMILES string of the molecule is CCc1nc(SCC(=O)N2CCCCC2)c2c(C)c(C)sc2n1. The Bertz CT molecular complexity index is 720. The van der Waals surface area contributed by atoms with Gasteiger partial charge in [0.2, 0.25) is 5.91 Å². The van der Waals surface area contributed by atoms with Crippen molar-refractivity contribution < 1.29 is 4.79 Å². The monoisotopic (exact) mass is 349 g/mol. The lowest BCUT2D eigenvalue weighted by Gasteiger charge is -2.26. The van der Waals surface area contributed by atoms with E-state index >= 15 is 0 Å². The number of piperidine rings is 1. The van der Waals surface area contributed by atoms with E-state index in [1.807, 2.05) is 4.90 Å². The highest BCUT2D eigenvalue weighted by Gasteiger charge is 2.19. The predicted molar refractivity (Wildman–Crippen MR) is 97.4 cm³/mol. The molecule has 2 aromatic rings. The Labute approximate surface area is 145 Å². The lowest BCUT2D eigenvalue weighted by atomic mass is 10.1. The van der Waals surface area contributed by atoms with Crippen molar-refractivity contribution in [1.29, 1.82) is 0 Å². The lowest BCUT2D eigenvalue weighted by molar-refractivity contribution is -0.129. The van der Waals surface area contributed by atoms with Gasteiger partial charge in [0.15, 0.2) is 0 Å². The second kappa shape index (κ2) is 7.18. The van der Waals surface area contributed by atoms with Crippen molar-refractivity contribution in [2.75, 3.05) is 18.8 Å². The summed E-state index contributed by atoms with van der Waals surface area (Å²) in [5.74, 6) is 1.58. The fraction of sp³-hybridized carbons (Fsp3) is 0.588. The van der Waals surface area contributed by atoms with E-state index in [4.69, 9.17) is 4.98 Å². The van der Waals surface area contributed by atoms with Crippen LogP contribution < -0.4 is 0 Å². The Morgan fingerprint density at radius 2 is 1.96 bits per heavy atom. The third-order valence-corrected chi connectivity index (χ3v) is 6.46. The first-order valence-corrected chi connectivity index (χ1v) is 10.1. The number of aromatic nitrogens is 2. The number of amides is 1. The van der Waals surface area contributed by atoms with Gasteiger partial charge in [0.05, 0.1) is 5.75 Å². The lowest BCUT2D eigenvalue weighted by Crippen LogP contribution is -2.36. The molecular weight excluding hydrogens is 326 g/mol. The van der Waals surface area contributed by atoms with Crippen LogP contribution in [-0.4, -0.2) is 39.6 Å². The zero-order chi connectivity index (χ0) is 16.4. The molecule has 0 aliphatic carbocycles. The molecule has 1 aliphatic heterocycles. The van der Waals surface area contributed by atoms with E-state index in [-0.39, 0.29) is 5.91 Å². The smallest absolute Gasteiger partial charge is 0.232 e. The normalized spacial score (nSPS) is 15.3. The number of nitrogens with zero attached hydrogens (tertiary/aromatic N) is 3. The van der Waals surface area contributed by atoms with Crippen LogP contribution in [0.1, 0.15) is 42.5 Å². The van der Waals surface area contributed by atoms with Gasteiger partial charge >= 0.3 is 0 Å². The van der Waals surface area contributed by atoms with Crippen molar-refractivity contribution in [3.8, 4) is 0 Å². The Morgan fingerprint density at radius 3 is 2.65 bits per heavy atom. The first kappa shape index (κ1) is 16.7. The molecule has 0 atom stereocenters. The summed E-state index contributed by atoms with van der Waals surface area (Å²) in [7, 11) is 0. The first-order valence-electron chi connectivity index (χ1n) is 8.27. The van der Waals surface area contributed by atoms with E-state index in [0.29, 0.717) is 5.75 Å². The fourth-order valence-electron chi connectivity index (χ4n) is 2.88. The van der Waals surface area contributed by atoms with E-state index in [0.717, 1.165) is 53.4 Å². The molecule has 0 bridgehead atoms. The number of likely N-dealkylation sites (tertiary alicyclic amines) is 1. The molecule has 2 aromatic heterocycles. The molecule has 6 heteroatoms. The third-order valence-electron chi connectivity index (χ3n) is 4.40. The largest absolute Gasteiger partial charge is 0.342 e. The Hall–Kier alpha value is -1.14. The first-order chi connectivity index (χ1) is 11.1. The summed E-state index contributed by atoms with van der Waals surface area (Å²) < 4.78 is 0. The quantitative estimate of drug-likeness (QED) is 0.619. The van der Waals surface area contributed by atoms with Crippen LogP contribution in [0.15, 0.2) is 5.03 Å². The number of fused-ring (bicyclic) bond motifs is 1. The summed E-state index contributed by atoms with van der Waals surface area (Å²) in [4.78, 5) is 26.1. The molecule has 0 aromatic carbocycles. The van der Waals surface area contributed by atoms with Crippen molar-refractivity contribution in [2.24, 2.45) is 0 Å². The van der Waals surface area contributed by atoms with Gasteiger partial charge < -0.3 is 4.90 Å². The fourth-order valence-corrected chi connectivity index (χ4v) is 5.00. The molecule has 1 amide bonds. The number of hydrogen-bond donors (Lipinski definition) is 0. The zero-order valence-corrected chi connectivity index (χ0v) is 15.6. The minimum atomic E-state index is 0.240. The molecule has 0 radical (unpaired) electrons. The number of carbonyl (C=O) groups is 1. The molecule has 3 heterocycles. The van der Waals surface area contributed by atoms with Crippen LogP contribution in [-0.2, 0) is 11.2 Å². The highest BCUT2D eigenvalue weighted by molar-refractivity contribution is 8.00.